The highest BCUT2D eigenvalue weighted by Crippen LogP contribution is 2.45. The molecule has 1 fully saturated rings. The van der Waals surface area contributed by atoms with Crippen molar-refractivity contribution >= 4 is 54.9 Å². The van der Waals surface area contributed by atoms with Crippen molar-refractivity contribution in [3.8, 4) is 5.75 Å². The van der Waals surface area contributed by atoms with Crippen molar-refractivity contribution in [3.63, 3.8) is 0 Å². The summed E-state index contributed by atoms with van der Waals surface area (Å²) in [4.78, 5) is 28.3. The lowest BCUT2D eigenvalue weighted by atomic mass is 9.75. The molecule has 3 aromatic rings. The third kappa shape index (κ3) is 4.83. The summed E-state index contributed by atoms with van der Waals surface area (Å²) in [6, 6.07) is 15.0. The Labute approximate surface area is 235 Å². The van der Waals surface area contributed by atoms with Crippen LogP contribution in [0.2, 0.25) is 5.02 Å². The molecule has 0 saturated carbocycles. The van der Waals surface area contributed by atoms with Gasteiger partial charge in [0, 0.05) is 28.5 Å². The number of carbonyl (C=O) groups is 2. The fourth-order valence-corrected chi connectivity index (χ4v) is 7.04. The Morgan fingerprint density at radius 2 is 1.82 bits per heavy atom. The highest BCUT2D eigenvalue weighted by atomic mass is 79.9. The number of Topliss-reactive ketones (excluding diaryl/α,β-unsaturated/α-hetero) is 1. The van der Waals surface area contributed by atoms with Crippen molar-refractivity contribution in [2.24, 2.45) is 5.41 Å². The molecule has 1 aliphatic heterocycles. The van der Waals surface area contributed by atoms with Crippen LogP contribution in [0.25, 0.3) is 0 Å². The molecule has 3 aromatic carbocycles. The van der Waals surface area contributed by atoms with Crippen LogP contribution in [0.1, 0.15) is 44.7 Å². The summed E-state index contributed by atoms with van der Waals surface area (Å²) < 4.78 is 34.8. The number of ketones is 1. The van der Waals surface area contributed by atoms with E-state index >= 15 is 0 Å². The number of nitrogens with one attached hydrogen (secondary N) is 1. The van der Waals surface area contributed by atoms with Crippen LogP contribution in [-0.2, 0) is 16.4 Å². The number of halogens is 2. The molecule has 0 aromatic heterocycles. The lowest BCUT2D eigenvalue weighted by Crippen LogP contribution is -2.45. The number of anilines is 1. The monoisotopic (exact) mass is 616 g/mol. The van der Waals surface area contributed by atoms with Crippen LogP contribution < -0.4 is 9.46 Å². The van der Waals surface area contributed by atoms with Crippen LogP contribution in [0.15, 0.2) is 64.0 Å². The van der Waals surface area contributed by atoms with Crippen LogP contribution in [0, 0.1) is 12.3 Å². The summed E-state index contributed by atoms with van der Waals surface area (Å²) in [5, 5.41) is 0.169. The van der Waals surface area contributed by atoms with Crippen LogP contribution in [0.4, 0.5) is 5.69 Å². The van der Waals surface area contributed by atoms with Gasteiger partial charge in [0.25, 0.3) is 15.9 Å². The van der Waals surface area contributed by atoms with Crippen molar-refractivity contribution < 1.29 is 22.7 Å². The highest BCUT2D eigenvalue weighted by Gasteiger charge is 2.47. The number of sulfonamides is 1. The molecule has 2 aliphatic rings. The zero-order valence-corrected chi connectivity index (χ0v) is 24.0. The Kier molecular flexibility index (Phi) is 7.04. The number of rotatable bonds is 5. The zero-order valence-electron chi connectivity index (χ0n) is 20.9. The number of hydrogen-bond acceptors (Lipinski definition) is 5. The van der Waals surface area contributed by atoms with Crippen molar-refractivity contribution in [1.82, 2.24) is 4.90 Å². The first-order chi connectivity index (χ1) is 18.0. The minimum atomic E-state index is -3.98. The van der Waals surface area contributed by atoms with Crippen LogP contribution in [0.5, 0.6) is 5.75 Å². The van der Waals surface area contributed by atoms with E-state index < -0.39 is 15.4 Å². The van der Waals surface area contributed by atoms with Crippen molar-refractivity contribution in [2.75, 3.05) is 24.9 Å². The number of nitrogens with zero attached hydrogens (tertiary/aromatic N) is 1. The molecule has 1 spiro atoms. The largest absolute Gasteiger partial charge is 0.497 e. The molecule has 38 heavy (non-hydrogen) atoms. The number of methoxy groups -OCH3 is 1. The number of piperidine rings is 1. The van der Waals surface area contributed by atoms with Gasteiger partial charge in [-0.2, -0.15) is 0 Å². The molecule has 1 amide bonds. The number of hydrogen-bond donors (Lipinski definition) is 1. The second kappa shape index (κ2) is 10.0. The smallest absolute Gasteiger partial charge is 0.261 e. The van der Waals surface area contributed by atoms with E-state index in [1.54, 1.807) is 30.2 Å². The third-order valence-electron chi connectivity index (χ3n) is 7.42. The van der Waals surface area contributed by atoms with E-state index in [4.69, 9.17) is 16.3 Å². The molecular weight excluding hydrogens is 592 g/mol. The van der Waals surface area contributed by atoms with Gasteiger partial charge in [-0.1, -0.05) is 17.7 Å². The lowest BCUT2D eigenvalue weighted by molar-refractivity contribution is 0.0517. The highest BCUT2D eigenvalue weighted by molar-refractivity contribution is 9.10. The van der Waals surface area contributed by atoms with Gasteiger partial charge in [0.15, 0.2) is 5.78 Å². The van der Waals surface area contributed by atoms with E-state index in [-0.39, 0.29) is 27.2 Å². The molecule has 0 atom stereocenters. The first kappa shape index (κ1) is 26.7. The van der Waals surface area contributed by atoms with Crippen LogP contribution in [0.3, 0.4) is 0 Å². The lowest BCUT2D eigenvalue weighted by Gasteiger charge is -2.38. The van der Waals surface area contributed by atoms with Gasteiger partial charge in [0.05, 0.1) is 28.3 Å². The quantitative estimate of drug-likeness (QED) is 0.386. The summed E-state index contributed by atoms with van der Waals surface area (Å²) in [7, 11) is -2.38. The molecule has 10 heteroatoms. The molecule has 0 bridgehead atoms. The Hall–Kier alpha value is -2.88. The van der Waals surface area contributed by atoms with Crippen LogP contribution in [-0.4, -0.2) is 45.2 Å². The number of ether oxygens (including phenoxy) is 1. The molecule has 1 saturated heterocycles. The van der Waals surface area contributed by atoms with Gasteiger partial charge in [-0.3, -0.25) is 14.3 Å². The fraction of sp³-hybridized carbons (Fsp3) is 0.286. The summed E-state index contributed by atoms with van der Waals surface area (Å²) >= 11 is 9.73. The molecule has 7 nitrogen and oxygen atoms in total. The average Bonchev–Trinajstić information content (AvgIpc) is 3.16. The summed E-state index contributed by atoms with van der Waals surface area (Å²) in [6.07, 6.45) is 1.66. The van der Waals surface area contributed by atoms with Crippen LogP contribution >= 0.6 is 27.5 Å². The van der Waals surface area contributed by atoms with Gasteiger partial charge in [0.1, 0.15) is 5.75 Å². The first-order valence-electron chi connectivity index (χ1n) is 12.1. The molecule has 198 valence electrons. The Bertz CT molecular complexity index is 1570. The second-order valence-corrected chi connectivity index (χ2v) is 12.8. The standard InChI is InChI=1S/C28H26BrClN2O5S/c1-17-3-7-23(29)25(13-17)31-38(35,36)20-5-8-24(30)22(15-20)27(34)32-11-9-28(10-12-32)16-18-14-19(37-2)4-6-21(18)26(28)33/h3-8,13-15,31H,9-12,16H2,1-2H3. The van der Waals surface area contributed by atoms with Gasteiger partial charge >= 0.3 is 0 Å². The first-order valence-corrected chi connectivity index (χ1v) is 14.8. The molecule has 1 heterocycles. The summed E-state index contributed by atoms with van der Waals surface area (Å²) in [5.41, 5.74) is 2.56. The van der Waals surface area contributed by atoms with Gasteiger partial charge in [0.2, 0.25) is 0 Å². The molecule has 0 radical (unpaired) electrons. The molecular formula is C28H26BrClN2O5S. The predicted octanol–water partition coefficient (Wildman–Crippen LogP) is 5.88. The number of fused-ring (bicyclic) bond motifs is 1. The Morgan fingerprint density at radius 1 is 1.08 bits per heavy atom. The SMILES string of the molecule is COc1ccc2c(c1)CC1(CCN(C(=O)c3cc(S(=O)(=O)Nc4cc(C)ccc4Br)ccc3Cl)CC1)C2=O. The zero-order chi connectivity index (χ0) is 27.2. The van der Waals surface area contributed by atoms with Crippen molar-refractivity contribution in [1.29, 1.82) is 0 Å². The maximum Gasteiger partial charge on any atom is 0.261 e. The minimum absolute atomic E-state index is 0.0671. The van der Waals surface area contributed by atoms with Crippen molar-refractivity contribution in [2.45, 2.75) is 31.1 Å². The normalized spacial score (nSPS) is 16.4. The maximum atomic E-state index is 13.5. The van der Waals surface area contributed by atoms with E-state index in [9.17, 15) is 18.0 Å². The molecule has 1 N–H and O–H groups in total. The average molecular weight is 618 g/mol. The van der Waals surface area contributed by atoms with Crippen molar-refractivity contribution in [3.05, 3.63) is 86.3 Å². The summed E-state index contributed by atoms with van der Waals surface area (Å²) in [5.74, 6) is 0.472. The van der Waals surface area contributed by atoms with Gasteiger partial charge in [-0.05, 0) is 102 Å². The van der Waals surface area contributed by atoms with E-state index in [0.717, 1.165) is 22.4 Å². The predicted molar refractivity (Wildman–Crippen MR) is 150 cm³/mol. The maximum absolute atomic E-state index is 13.5. The molecule has 5 rings (SSSR count). The fourth-order valence-electron chi connectivity index (χ4n) is 5.26. The number of likely N-dealkylation sites (tertiary alicyclic amines) is 1. The molecule has 0 unspecified atom stereocenters. The minimum Gasteiger partial charge on any atom is -0.497 e. The number of amides is 1. The topological polar surface area (TPSA) is 92.8 Å². The number of aryl methyl sites for hydroxylation is 1. The van der Waals surface area contributed by atoms with E-state index in [0.29, 0.717) is 42.5 Å². The Balaban J connectivity index is 1.33. The van der Waals surface area contributed by atoms with Gasteiger partial charge in [-0.15, -0.1) is 0 Å². The van der Waals surface area contributed by atoms with E-state index in [2.05, 4.69) is 20.7 Å². The molecule has 1 aliphatic carbocycles. The number of benzene rings is 3. The van der Waals surface area contributed by atoms with E-state index in [1.807, 2.05) is 25.1 Å². The van der Waals surface area contributed by atoms with Gasteiger partial charge < -0.3 is 9.64 Å². The summed E-state index contributed by atoms with van der Waals surface area (Å²) in [6.45, 7) is 2.61. The Morgan fingerprint density at radius 3 is 2.53 bits per heavy atom. The number of carbonyl (C=O) groups excluding carboxylic acids is 2. The van der Waals surface area contributed by atoms with E-state index in [1.165, 1.54) is 18.2 Å². The van der Waals surface area contributed by atoms with Gasteiger partial charge in [-0.25, -0.2) is 8.42 Å². The third-order valence-corrected chi connectivity index (χ3v) is 9.80. The second-order valence-electron chi connectivity index (χ2n) is 9.83.